The summed E-state index contributed by atoms with van der Waals surface area (Å²) in [6.07, 6.45) is 12.3. The minimum absolute atomic E-state index is 0.313. The van der Waals surface area contributed by atoms with E-state index in [9.17, 15) is 0 Å². The summed E-state index contributed by atoms with van der Waals surface area (Å²) in [4.78, 5) is 0. The Morgan fingerprint density at radius 2 is 0.281 bits per heavy atom. The SMILES string of the molecule is COCCOCCOCCOc1cc(/C=C/c2cc(/C=C/c3cc(OCCOCCOCCOC)cc(OCCOCCOCCOC)c3)cc(/C=C/c3cc(OCCOCCOCCOC)cc(OCCOCCOCCOC)c3)c2)cc(OCCOCCOCCOC)c1. The summed E-state index contributed by atoms with van der Waals surface area (Å²) in [7, 11) is 9.84. The molecule has 0 atom stereocenters. The fourth-order valence-corrected chi connectivity index (χ4v) is 8.23. The molecule has 0 fully saturated rings. The minimum Gasteiger partial charge on any atom is -0.491 e. The summed E-state index contributed by atoms with van der Waals surface area (Å²) in [6.45, 7) is 15.5. The Bertz CT molecular complexity index is 2180. The van der Waals surface area contributed by atoms with E-state index in [-0.39, 0.29) is 0 Å². The molecule has 0 saturated heterocycles. The highest BCUT2D eigenvalue weighted by molar-refractivity contribution is 5.79. The van der Waals surface area contributed by atoms with Gasteiger partial charge in [0.25, 0.3) is 0 Å². The molecule has 0 unspecified atom stereocenters. The molecule has 0 radical (unpaired) electrons. The van der Waals surface area contributed by atoms with Gasteiger partial charge in [0, 0.05) is 60.9 Å². The lowest BCUT2D eigenvalue weighted by atomic mass is 10.0. The molecule has 0 spiro atoms. The van der Waals surface area contributed by atoms with Crippen molar-refractivity contribution in [1.82, 2.24) is 0 Å². The van der Waals surface area contributed by atoms with Crippen LogP contribution in [0.4, 0.5) is 0 Å². The summed E-state index contributed by atoms with van der Waals surface area (Å²) >= 11 is 0. The van der Waals surface area contributed by atoms with Gasteiger partial charge < -0.3 is 114 Å². The van der Waals surface area contributed by atoms with Gasteiger partial charge in [-0.1, -0.05) is 36.5 Å². The van der Waals surface area contributed by atoms with Gasteiger partial charge in [-0.3, -0.25) is 0 Å². The third-order valence-corrected chi connectivity index (χ3v) is 12.9. The summed E-state index contributed by atoms with van der Waals surface area (Å²) in [5, 5.41) is 0. The van der Waals surface area contributed by atoms with E-state index in [0.29, 0.717) is 272 Å². The van der Waals surface area contributed by atoms with Crippen molar-refractivity contribution in [2.24, 2.45) is 0 Å². The fraction of sp³-hybridized carbons (Fsp3) is 0.583. The van der Waals surface area contributed by atoms with Crippen molar-refractivity contribution in [1.29, 1.82) is 0 Å². The van der Waals surface area contributed by atoms with Gasteiger partial charge in [0.15, 0.2) is 0 Å². The molecule has 0 amide bonds. The van der Waals surface area contributed by atoms with Crippen LogP contribution < -0.4 is 28.4 Å². The van der Waals surface area contributed by atoms with Crippen molar-refractivity contribution in [3.8, 4) is 34.5 Å². The van der Waals surface area contributed by atoms with Crippen LogP contribution in [0.1, 0.15) is 33.4 Å². The summed E-state index contributed by atoms with van der Waals surface area (Å²) in [5.74, 6) is 3.68. The number of methoxy groups -OCH3 is 6. The highest BCUT2D eigenvalue weighted by atomic mass is 16.6. The van der Waals surface area contributed by atoms with Crippen LogP contribution in [-0.2, 0) is 85.3 Å². The van der Waals surface area contributed by atoms with Gasteiger partial charge in [0.05, 0.1) is 198 Å². The topological polar surface area (TPSA) is 222 Å². The predicted molar refractivity (Wildman–Crippen MR) is 367 cm³/mol. The normalized spacial score (nSPS) is 11.7. The van der Waals surface area contributed by atoms with Crippen molar-refractivity contribution in [2.45, 2.75) is 0 Å². The molecule has 4 rings (SSSR count). The molecule has 96 heavy (non-hydrogen) atoms. The van der Waals surface area contributed by atoms with Gasteiger partial charge in [-0.2, -0.15) is 0 Å². The van der Waals surface area contributed by atoms with E-state index in [1.807, 2.05) is 72.8 Å². The monoisotopic (exact) mass is 1360 g/mol. The Labute approximate surface area is 569 Å². The molecule has 4 aromatic carbocycles. The minimum atomic E-state index is 0.313. The zero-order valence-electron chi connectivity index (χ0n) is 57.6. The molecule has 0 aromatic heterocycles. The highest BCUT2D eigenvalue weighted by Crippen LogP contribution is 2.29. The first-order valence-electron chi connectivity index (χ1n) is 32.7. The molecular weight excluding hydrogens is 1250 g/mol. The number of hydrogen-bond acceptors (Lipinski definition) is 24. The van der Waals surface area contributed by atoms with Gasteiger partial charge in [0.2, 0.25) is 0 Å². The van der Waals surface area contributed by atoms with E-state index in [2.05, 4.69) is 36.4 Å². The van der Waals surface area contributed by atoms with Gasteiger partial charge >= 0.3 is 0 Å². The van der Waals surface area contributed by atoms with Crippen molar-refractivity contribution in [3.63, 3.8) is 0 Å². The molecule has 0 aliphatic rings. The molecule has 540 valence electrons. The Hall–Kier alpha value is -5.82. The molecule has 0 heterocycles. The van der Waals surface area contributed by atoms with Crippen LogP contribution in [0.2, 0.25) is 0 Å². The largest absolute Gasteiger partial charge is 0.491 e. The number of hydrogen-bond donors (Lipinski definition) is 0. The van der Waals surface area contributed by atoms with E-state index in [1.165, 1.54) is 0 Å². The Morgan fingerprint density at radius 3 is 0.427 bits per heavy atom. The second-order valence-electron chi connectivity index (χ2n) is 20.5. The number of rotatable bonds is 66. The van der Waals surface area contributed by atoms with Crippen LogP contribution in [0.3, 0.4) is 0 Å². The van der Waals surface area contributed by atoms with Gasteiger partial charge in [-0.15, -0.1) is 0 Å². The molecule has 4 aromatic rings. The van der Waals surface area contributed by atoms with Crippen molar-refractivity contribution < 1.29 is 114 Å². The lowest BCUT2D eigenvalue weighted by molar-refractivity contribution is 0.0174. The number of ether oxygens (including phenoxy) is 24. The molecule has 0 bridgehead atoms. The first kappa shape index (κ1) is 82.6. The average molecular weight is 1360 g/mol. The molecule has 0 aliphatic heterocycles. The van der Waals surface area contributed by atoms with Crippen molar-refractivity contribution in [2.75, 3.05) is 281 Å². The van der Waals surface area contributed by atoms with Gasteiger partial charge in [-0.25, -0.2) is 0 Å². The van der Waals surface area contributed by atoms with E-state index >= 15 is 0 Å². The third-order valence-electron chi connectivity index (χ3n) is 12.9. The standard InChI is InChI=1S/C72H108O24/c1-73-13-19-79-25-31-85-37-43-91-67-52-64(53-68(58-67)92-44-38-86-32-26-80-20-14-74-2)10-7-61-49-62(8-11-65-54-69(93-45-39-87-33-27-81-21-15-75-3)59-70(55-65)94-46-40-88-34-28-82-22-16-76-4)51-63(50-61)9-12-66-56-71(95-47-41-89-35-29-83-23-17-77-5)60-72(57-66)96-48-42-90-36-30-84-24-18-78-6/h7-12,49-60H,13-48H2,1-6H3/b10-7+,11-8+,12-9+. The Morgan fingerprint density at radius 1 is 0.156 bits per heavy atom. The first-order chi connectivity index (χ1) is 47.4. The summed E-state index contributed by atoms with van der Waals surface area (Å²) in [5.41, 5.74) is 5.27. The number of benzene rings is 4. The fourth-order valence-electron chi connectivity index (χ4n) is 8.23. The van der Waals surface area contributed by atoms with Gasteiger partial charge in [0.1, 0.15) is 74.1 Å². The van der Waals surface area contributed by atoms with Gasteiger partial charge in [-0.05, 0) is 88.0 Å². The average Bonchev–Trinajstić information content (AvgIpc) is 1.07. The molecule has 0 saturated carbocycles. The Kier molecular flexibility index (Phi) is 51.0. The van der Waals surface area contributed by atoms with Crippen LogP contribution in [0.5, 0.6) is 34.5 Å². The molecular formula is C72H108O24. The molecule has 24 nitrogen and oxygen atoms in total. The highest BCUT2D eigenvalue weighted by Gasteiger charge is 2.09. The van der Waals surface area contributed by atoms with Crippen LogP contribution >= 0.6 is 0 Å². The molecule has 0 aliphatic carbocycles. The zero-order valence-corrected chi connectivity index (χ0v) is 57.6. The van der Waals surface area contributed by atoms with E-state index < -0.39 is 0 Å². The summed E-state index contributed by atoms with van der Waals surface area (Å²) in [6, 6.07) is 23.7. The van der Waals surface area contributed by atoms with E-state index in [4.69, 9.17) is 114 Å². The zero-order chi connectivity index (χ0) is 68.1. The molecule has 0 N–H and O–H groups in total. The van der Waals surface area contributed by atoms with E-state index in [0.717, 1.165) is 33.4 Å². The maximum Gasteiger partial charge on any atom is 0.123 e. The van der Waals surface area contributed by atoms with Crippen LogP contribution in [0, 0.1) is 0 Å². The third kappa shape index (κ3) is 44.2. The van der Waals surface area contributed by atoms with Crippen LogP contribution in [0.25, 0.3) is 36.5 Å². The predicted octanol–water partition coefficient (Wildman–Crippen LogP) is 8.55. The smallest absolute Gasteiger partial charge is 0.123 e. The lowest BCUT2D eigenvalue weighted by Crippen LogP contribution is -2.13. The van der Waals surface area contributed by atoms with Crippen molar-refractivity contribution in [3.05, 3.63) is 106 Å². The summed E-state index contributed by atoms with van der Waals surface area (Å²) < 4.78 is 136. The maximum absolute atomic E-state index is 6.24. The first-order valence-corrected chi connectivity index (χ1v) is 32.7. The molecule has 24 heteroatoms. The quantitative estimate of drug-likeness (QED) is 0.0298. The van der Waals surface area contributed by atoms with Crippen LogP contribution in [-0.4, -0.2) is 281 Å². The second-order valence-corrected chi connectivity index (χ2v) is 20.5. The maximum atomic E-state index is 6.24. The lowest BCUT2D eigenvalue weighted by Gasteiger charge is -2.12. The Balaban J connectivity index is 1.68. The van der Waals surface area contributed by atoms with Crippen molar-refractivity contribution >= 4 is 36.5 Å². The van der Waals surface area contributed by atoms with Crippen LogP contribution in [0.15, 0.2) is 72.8 Å². The second kappa shape index (κ2) is 59.3. The van der Waals surface area contributed by atoms with E-state index in [1.54, 1.807) is 42.7 Å².